The molecule has 0 saturated carbocycles. The number of carbonyl (C=O) groups excluding carboxylic acids is 1. The molecule has 0 fully saturated rings. The molecule has 1 atom stereocenters. The zero-order chi connectivity index (χ0) is 26.5. The van der Waals surface area contributed by atoms with Gasteiger partial charge in [0.15, 0.2) is 4.80 Å². The topological polar surface area (TPSA) is 79.1 Å². The fourth-order valence-corrected chi connectivity index (χ4v) is 5.49. The lowest BCUT2D eigenvalue weighted by Crippen LogP contribution is -2.39. The zero-order valence-electron chi connectivity index (χ0n) is 20.8. The molecule has 7 nitrogen and oxygen atoms in total. The second-order valence-corrected chi connectivity index (χ2v) is 10.0. The average Bonchev–Trinajstić information content (AvgIpc) is 3.18. The minimum atomic E-state index is -0.688. The molecule has 0 spiro atoms. The number of halogens is 1. The molecule has 2 heterocycles. The Balaban J connectivity index is 1.91. The minimum absolute atomic E-state index is 0.215. The lowest BCUT2D eigenvalue weighted by atomic mass is 9.96. The number of ether oxygens (including phenoxy) is 3. The summed E-state index contributed by atoms with van der Waals surface area (Å²) in [5, 5.41) is 0. The van der Waals surface area contributed by atoms with Gasteiger partial charge in [0.1, 0.15) is 18.1 Å². The summed E-state index contributed by atoms with van der Waals surface area (Å²) in [6.45, 7) is 10.2. The second-order valence-electron chi connectivity index (χ2n) is 8.09. The first kappa shape index (κ1) is 26.6. The van der Waals surface area contributed by atoms with E-state index < -0.39 is 12.0 Å². The molecule has 1 aliphatic rings. The lowest BCUT2D eigenvalue weighted by Gasteiger charge is -2.24. The fourth-order valence-electron chi connectivity index (χ4n) is 4.07. The Hall–Kier alpha value is -3.43. The first-order valence-corrected chi connectivity index (χ1v) is 13.4. The van der Waals surface area contributed by atoms with Crippen LogP contribution in [-0.2, 0) is 9.53 Å². The molecule has 1 aliphatic heterocycles. The number of nitrogens with zero attached hydrogens (tertiary/aromatic N) is 2. The first-order valence-electron chi connectivity index (χ1n) is 11.8. The third kappa shape index (κ3) is 5.62. The minimum Gasteiger partial charge on any atom is -0.494 e. The highest BCUT2D eigenvalue weighted by molar-refractivity contribution is 9.10. The highest BCUT2D eigenvalue weighted by Crippen LogP contribution is 2.32. The molecule has 0 amide bonds. The Bertz CT molecular complexity index is 1540. The Morgan fingerprint density at radius 3 is 2.59 bits per heavy atom. The number of fused-ring (bicyclic) bond motifs is 1. The third-order valence-corrected chi connectivity index (χ3v) is 7.12. The van der Waals surface area contributed by atoms with Crippen LogP contribution in [-0.4, -0.2) is 30.4 Å². The van der Waals surface area contributed by atoms with E-state index in [2.05, 4.69) is 27.5 Å². The van der Waals surface area contributed by atoms with Crippen molar-refractivity contribution >= 4 is 39.3 Å². The van der Waals surface area contributed by atoms with Crippen molar-refractivity contribution in [3.05, 3.63) is 102 Å². The maximum atomic E-state index is 13.8. The molecule has 37 heavy (non-hydrogen) atoms. The van der Waals surface area contributed by atoms with Gasteiger partial charge < -0.3 is 14.2 Å². The summed E-state index contributed by atoms with van der Waals surface area (Å²) in [4.78, 5) is 32.0. The maximum absolute atomic E-state index is 13.8. The normalized spacial score (nSPS) is 15.1. The van der Waals surface area contributed by atoms with Crippen LogP contribution in [0, 0.1) is 0 Å². The van der Waals surface area contributed by atoms with Crippen LogP contribution in [0.1, 0.15) is 37.9 Å². The molecule has 4 rings (SSSR count). The molecule has 0 N–H and O–H groups in total. The van der Waals surface area contributed by atoms with Crippen LogP contribution in [0.3, 0.4) is 0 Å². The summed E-state index contributed by atoms with van der Waals surface area (Å²) in [5.41, 5.74) is 2.09. The zero-order valence-corrected chi connectivity index (χ0v) is 23.2. The predicted octanol–water partition coefficient (Wildman–Crippen LogP) is 4.52. The van der Waals surface area contributed by atoms with Gasteiger partial charge in [-0.25, -0.2) is 9.79 Å². The maximum Gasteiger partial charge on any atom is 0.338 e. The van der Waals surface area contributed by atoms with Crippen molar-refractivity contribution in [2.45, 2.75) is 26.8 Å². The van der Waals surface area contributed by atoms with Gasteiger partial charge >= 0.3 is 5.97 Å². The van der Waals surface area contributed by atoms with Crippen LogP contribution < -0.4 is 24.4 Å². The van der Waals surface area contributed by atoms with E-state index in [1.165, 1.54) is 11.3 Å². The quantitative estimate of drug-likeness (QED) is 0.274. The number of aromatic nitrogens is 1. The van der Waals surface area contributed by atoms with Gasteiger partial charge in [0.2, 0.25) is 0 Å². The number of thiazole rings is 1. The van der Waals surface area contributed by atoms with Crippen molar-refractivity contribution in [2.24, 2.45) is 4.99 Å². The summed E-state index contributed by atoms with van der Waals surface area (Å²) in [6.07, 6.45) is 3.45. The number of hydrogen-bond donors (Lipinski definition) is 0. The van der Waals surface area contributed by atoms with E-state index >= 15 is 0 Å². The van der Waals surface area contributed by atoms with Crippen molar-refractivity contribution in [3.63, 3.8) is 0 Å². The average molecular weight is 584 g/mol. The number of hydrogen-bond acceptors (Lipinski definition) is 7. The van der Waals surface area contributed by atoms with Crippen molar-refractivity contribution < 1.29 is 19.0 Å². The highest BCUT2D eigenvalue weighted by Gasteiger charge is 2.33. The van der Waals surface area contributed by atoms with E-state index in [1.54, 1.807) is 30.6 Å². The molecule has 192 valence electrons. The van der Waals surface area contributed by atoms with Gasteiger partial charge in [0, 0.05) is 10.0 Å². The molecule has 3 aromatic rings. The molecular weight excluding hydrogens is 556 g/mol. The Morgan fingerprint density at radius 2 is 1.92 bits per heavy atom. The standard InChI is InChI=1S/C28H27BrN2O5S/c1-5-14-36-22-13-10-20(29)15-19(22)16-23-26(32)31-25(18-8-11-21(12-9-18)34-6-2)24(27(33)35-7-3)17(4)30-28(31)37-23/h5,8-13,15-16,25H,1,6-7,14H2,2-4H3/b23-16-/t25-/m0/s1. The van der Waals surface area contributed by atoms with Gasteiger partial charge in [-0.1, -0.05) is 52.1 Å². The third-order valence-electron chi connectivity index (χ3n) is 5.64. The van der Waals surface area contributed by atoms with E-state index in [-0.39, 0.29) is 12.2 Å². The van der Waals surface area contributed by atoms with Crippen LogP contribution in [0.5, 0.6) is 11.5 Å². The molecule has 0 radical (unpaired) electrons. The first-order chi connectivity index (χ1) is 17.9. The van der Waals surface area contributed by atoms with Gasteiger partial charge in [-0.15, -0.1) is 0 Å². The Kier molecular flexibility index (Phi) is 8.45. The number of esters is 1. The largest absolute Gasteiger partial charge is 0.494 e. The van der Waals surface area contributed by atoms with Gasteiger partial charge in [-0.3, -0.25) is 9.36 Å². The smallest absolute Gasteiger partial charge is 0.338 e. The van der Waals surface area contributed by atoms with Gasteiger partial charge in [0.05, 0.1) is 35.1 Å². The molecule has 2 aromatic carbocycles. The molecule has 0 aliphatic carbocycles. The molecular formula is C28H27BrN2O5S. The van der Waals surface area contributed by atoms with Crippen LogP contribution in [0.4, 0.5) is 0 Å². The summed E-state index contributed by atoms with van der Waals surface area (Å²) in [5.74, 6) is 0.836. The molecule has 0 bridgehead atoms. The predicted molar refractivity (Wildman–Crippen MR) is 148 cm³/mol. The summed E-state index contributed by atoms with van der Waals surface area (Å²) in [6, 6.07) is 12.3. The van der Waals surface area contributed by atoms with E-state index in [0.29, 0.717) is 45.3 Å². The van der Waals surface area contributed by atoms with Crippen LogP contribution in [0.25, 0.3) is 6.08 Å². The van der Waals surface area contributed by atoms with E-state index in [1.807, 2.05) is 49.4 Å². The van der Waals surface area contributed by atoms with Gasteiger partial charge in [0.25, 0.3) is 5.56 Å². The molecule has 9 heteroatoms. The van der Waals surface area contributed by atoms with Crippen molar-refractivity contribution in [1.82, 2.24) is 4.57 Å². The van der Waals surface area contributed by atoms with Gasteiger partial charge in [-0.2, -0.15) is 0 Å². The van der Waals surface area contributed by atoms with Crippen molar-refractivity contribution in [1.29, 1.82) is 0 Å². The fraction of sp³-hybridized carbons (Fsp3) is 0.250. The van der Waals surface area contributed by atoms with Crippen LogP contribution in [0.2, 0.25) is 0 Å². The number of allylic oxidation sites excluding steroid dienone is 1. The lowest BCUT2D eigenvalue weighted by molar-refractivity contribution is -0.139. The van der Waals surface area contributed by atoms with Gasteiger partial charge in [-0.05, 0) is 62.7 Å². The molecule has 1 aromatic heterocycles. The summed E-state index contributed by atoms with van der Waals surface area (Å²) in [7, 11) is 0. The van der Waals surface area contributed by atoms with E-state index in [9.17, 15) is 9.59 Å². The second kappa shape index (κ2) is 11.7. The van der Waals surface area contributed by atoms with Crippen LogP contribution in [0.15, 0.2) is 80.6 Å². The Morgan fingerprint density at radius 1 is 1.16 bits per heavy atom. The SMILES string of the molecule is C=CCOc1ccc(Br)cc1/C=c1\sc2n(c1=O)[C@@H](c1ccc(OCC)cc1)C(C(=O)OCC)=C(C)N=2. The van der Waals surface area contributed by atoms with Crippen LogP contribution >= 0.6 is 27.3 Å². The van der Waals surface area contributed by atoms with E-state index in [4.69, 9.17) is 14.2 Å². The number of rotatable bonds is 9. The molecule has 0 unspecified atom stereocenters. The van der Waals surface area contributed by atoms with Crippen molar-refractivity contribution in [2.75, 3.05) is 19.8 Å². The number of carbonyl (C=O) groups is 1. The summed E-state index contributed by atoms with van der Waals surface area (Å²) < 4.78 is 19.6. The summed E-state index contributed by atoms with van der Waals surface area (Å²) >= 11 is 4.76. The monoisotopic (exact) mass is 582 g/mol. The van der Waals surface area contributed by atoms with E-state index in [0.717, 1.165) is 15.6 Å². The Labute approximate surface area is 227 Å². The van der Waals surface area contributed by atoms with Crippen molar-refractivity contribution in [3.8, 4) is 11.5 Å². The highest BCUT2D eigenvalue weighted by atomic mass is 79.9. The molecule has 0 saturated heterocycles. The number of benzene rings is 2.